The van der Waals surface area contributed by atoms with Crippen LogP contribution in [0.5, 0.6) is 0 Å². The zero-order valence-electron chi connectivity index (χ0n) is 16.1. The third-order valence-corrected chi connectivity index (χ3v) is 5.30. The van der Waals surface area contributed by atoms with Gasteiger partial charge in [0, 0.05) is 12.0 Å². The van der Waals surface area contributed by atoms with E-state index in [1.165, 1.54) is 0 Å². The predicted molar refractivity (Wildman–Crippen MR) is 122 cm³/mol. The molecular weight excluding hydrogens is 492 g/mol. The Hall–Kier alpha value is -1.77. The molecule has 2 nitrogen and oxygen atoms in total. The van der Waals surface area contributed by atoms with Crippen LogP contribution in [0.2, 0.25) is 0 Å². The Labute approximate surface area is 194 Å². The second kappa shape index (κ2) is 9.58. The van der Waals surface area contributed by atoms with Crippen LogP contribution in [-0.2, 0) is 32.9 Å². The first-order valence-corrected chi connectivity index (χ1v) is 15.9. The van der Waals surface area contributed by atoms with E-state index in [-0.39, 0.29) is 0 Å². The Morgan fingerprint density at radius 3 is 2.03 bits per heavy atom. The average molecular weight is 512 g/mol. The molecule has 4 aromatic carbocycles. The van der Waals surface area contributed by atoms with Gasteiger partial charge in [-0.2, -0.15) is 0 Å². The van der Waals surface area contributed by atoms with Crippen molar-refractivity contribution in [3.8, 4) is 0 Å². The van der Waals surface area contributed by atoms with Crippen LogP contribution in [-0.4, -0.2) is 10.8 Å². The molecule has 0 fully saturated rings. The first-order valence-electron chi connectivity index (χ1n) is 9.57. The standard InChI is InChI=1S/C25H19NO.2ClH.Zr/c27-25(17-18-9-3-1-4-10-18)22-16-8-12-19-11-7-15-21(23(19)22)24(25)26-20-13-5-2-6-14-20;;;/h1-16,27H,17H2;2*1H;/q;;;+2/p-2. The summed E-state index contributed by atoms with van der Waals surface area (Å²) in [5, 5.41) is 14.2. The molecule has 30 heavy (non-hydrogen) atoms. The van der Waals surface area contributed by atoms with E-state index < -0.39 is 26.4 Å². The summed E-state index contributed by atoms with van der Waals surface area (Å²) >= 11 is -0.826. The summed E-state index contributed by atoms with van der Waals surface area (Å²) in [5.41, 5.74) is 3.47. The van der Waals surface area contributed by atoms with Crippen molar-refractivity contribution in [2.45, 2.75) is 12.0 Å². The fourth-order valence-electron chi connectivity index (χ4n) is 4.09. The molecule has 0 aliphatic heterocycles. The molecule has 0 heterocycles. The summed E-state index contributed by atoms with van der Waals surface area (Å²) in [6.45, 7) is 0. The normalized spacial score (nSPS) is 18.2. The van der Waals surface area contributed by atoms with Crippen molar-refractivity contribution in [3.63, 3.8) is 0 Å². The van der Waals surface area contributed by atoms with E-state index in [0.29, 0.717) is 6.42 Å². The third-order valence-electron chi connectivity index (χ3n) is 5.30. The molecule has 0 saturated carbocycles. The molecule has 0 amide bonds. The van der Waals surface area contributed by atoms with Crippen molar-refractivity contribution in [3.05, 3.63) is 114 Å². The number of halogens is 2. The zero-order chi connectivity index (χ0) is 21.0. The van der Waals surface area contributed by atoms with Gasteiger partial charge in [0.25, 0.3) is 0 Å². The zero-order valence-corrected chi connectivity index (χ0v) is 20.1. The van der Waals surface area contributed by atoms with Gasteiger partial charge in [0.15, 0.2) is 0 Å². The molecule has 0 radical (unpaired) electrons. The molecule has 0 saturated heterocycles. The average Bonchev–Trinajstić information content (AvgIpc) is 3.00. The first kappa shape index (κ1) is 21.5. The molecule has 1 aliphatic carbocycles. The number of aliphatic imine (C=N–C) groups is 1. The van der Waals surface area contributed by atoms with Crippen LogP contribution < -0.4 is 0 Å². The van der Waals surface area contributed by atoms with Crippen LogP contribution in [0.25, 0.3) is 10.8 Å². The Bertz CT molecular complexity index is 1180. The van der Waals surface area contributed by atoms with Crippen LogP contribution >= 0.6 is 17.0 Å². The summed E-state index contributed by atoms with van der Waals surface area (Å²) < 4.78 is 0. The fraction of sp³-hybridized carbons (Fsp3) is 0.0800. The quantitative estimate of drug-likeness (QED) is 0.323. The molecule has 5 heteroatoms. The van der Waals surface area contributed by atoms with E-state index in [9.17, 15) is 5.11 Å². The second-order valence-electron chi connectivity index (χ2n) is 7.10. The number of para-hydroxylation sites is 1. The van der Waals surface area contributed by atoms with E-state index in [0.717, 1.165) is 38.9 Å². The van der Waals surface area contributed by atoms with Crippen molar-refractivity contribution in [2.75, 3.05) is 0 Å². The Balaban J connectivity index is 0.000000687. The van der Waals surface area contributed by atoms with Crippen LogP contribution in [0.3, 0.4) is 0 Å². The molecule has 1 aliphatic rings. The summed E-state index contributed by atoms with van der Waals surface area (Å²) in [4.78, 5) is 4.91. The monoisotopic (exact) mass is 509 g/mol. The molecule has 1 atom stereocenters. The van der Waals surface area contributed by atoms with Gasteiger partial charge in [0.2, 0.25) is 0 Å². The first-order chi connectivity index (χ1) is 14.7. The molecule has 0 aromatic heterocycles. The number of hydrogen-bond donors (Lipinski definition) is 1. The van der Waals surface area contributed by atoms with Gasteiger partial charge in [0.1, 0.15) is 5.60 Å². The topological polar surface area (TPSA) is 32.6 Å². The Kier molecular flexibility index (Phi) is 6.85. The van der Waals surface area contributed by atoms with Gasteiger partial charge < -0.3 is 5.11 Å². The molecule has 0 bridgehead atoms. The summed E-state index contributed by atoms with van der Waals surface area (Å²) in [6.07, 6.45) is 0.493. The SMILES string of the molecule is OC1(Cc2ccccc2)C(=Nc2ccccc2)c2cccc3cccc1c23.[Cl][Zr][Cl]. The summed E-state index contributed by atoms with van der Waals surface area (Å²) in [7, 11) is 9.87. The van der Waals surface area contributed by atoms with Gasteiger partial charge in [-0.05, 0) is 34.0 Å². The minimum atomic E-state index is -1.15. The van der Waals surface area contributed by atoms with E-state index in [4.69, 9.17) is 22.0 Å². The van der Waals surface area contributed by atoms with Crippen molar-refractivity contribution in [1.82, 2.24) is 0 Å². The van der Waals surface area contributed by atoms with Crippen molar-refractivity contribution in [1.29, 1.82) is 0 Å². The van der Waals surface area contributed by atoms with Gasteiger partial charge in [-0.3, -0.25) is 0 Å². The maximum absolute atomic E-state index is 12.0. The summed E-state index contributed by atoms with van der Waals surface area (Å²) in [6, 6.07) is 32.3. The molecule has 148 valence electrons. The Morgan fingerprint density at radius 1 is 0.767 bits per heavy atom. The molecule has 1 unspecified atom stereocenters. The van der Waals surface area contributed by atoms with Crippen molar-refractivity contribution in [2.24, 2.45) is 4.99 Å². The van der Waals surface area contributed by atoms with Gasteiger partial charge in [-0.1, -0.05) is 84.9 Å². The predicted octanol–water partition coefficient (Wildman–Crippen LogP) is 6.78. The third kappa shape index (κ3) is 4.18. The molecule has 4 aromatic rings. The number of rotatable bonds is 3. The van der Waals surface area contributed by atoms with Crippen LogP contribution in [0.15, 0.2) is 102 Å². The van der Waals surface area contributed by atoms with E-state index in [1.54, 1.807) is 0 Å². The van der Waals surface area contributed by atoms with Crippen LogP contribution in [0.1, 0.15) is 16.7 Å². The van der Waals surface area contributed by atoms with E-state index >= 15 is 0 Å². The number of nitrogens with zero attached hydrogens (tertiary/aromatic N) is 1. The molecule has 5 rings (SSSR count). The van der Waals surface area contributed by atoms with Crippen LogP contribution in [0.4, 0.5) is 5.69 Å². The number of aliphatic hydroxyl groups is 1. The summed E-state index contributed by atoms with van der Waals surface area (Å²) in [5.74, 6) is 0. The van der Waals surface area contributed by atoms with Crippen molar-refractivity contribution >= 4 is 39.2 Å². The van der Waals surface area contributed by atoms with Gasteiger partial charge >= 0.3 is 37.9 Å². The van der Waals surface area contributed by atoms with Crippen LogP contribution in [0, 0.1) is 0 Å². The second-order valence-corrected chi connectivity index (χ2v) is 10.8. The Morgan fingerprint density at radius 2 is 1.37 bits per heavy atom. The molecule has 1 N–H and O–H groups in total. The molecular formula is C25H19Cl2NOZr. The minimum absolute atomic E-state index is 0.493. The van der Waals surface area contributed by atoms with Gasteiger partial charge in [-0.15, -0.1) is 0 Å². The van der Waals surface area contributed by atoms with E-state index in [2.05, 4.69) is 30.3 Å². The maximum atomic E-state index is 12.0. The van der Waals surface area contributed by atoms with Gasteiger partial charge in [0.05, 0.1) is 11.4 Å². The number of hydrogen-bond acceptors (Lipinski definition) is 2. The molecule has 0 spiro atoms. The number of benzene rings is 4. The fourth-order valence-corrected chi connectivity index (χ4v) is 4.09. The van der Waals surface area contributed by atoms with E-state index in [1.807, 2.05) is 66.7 Å². The van der Waals surface area contributed by atoms with Crippen molar-refractivity contribution < 1.29 is 26.0 Å². The van der Waals surface area contributed by atoms with Gasteiger partial charge in [-0.25, -0.2) is 4.99 Å².